The molecule has 35 heavy (non-hydrogen) atoms. The lowest BCUT2D eigenvalue weighted by molar-refractivity contribution is -0.131. The van der Waals surface area contributed by atoms with Crippen LogP contribution in [0.1, 0.15) is 22.3 Å². The predicted octanol–water partition coefficient (Wildman–Crippen LogP) is 4.15. The first-order chi connectivity index (χ1) is 16.8. The molecule has 1 aliphatic rings. The molecule has 0 spiro atoms. The summed E-state index contributed by atoms with van der Waals surface area (Å²) in [6.45, 7) is 0.153. The topological polar surface area (TPSA) is 81.8 Å². The summed E-state index contributed by atoms with van der Waals surface area (Å²) in [4.78, 5) is 40.2. The van der Waals surface area contributed by atoms with Gasteiger partial charge in [0.2, 0.25) is 5.91 Å². The molecule has 0 saturated carbocycles. The van der Waals surface area contributed by atoms with Gasteiger partial charge in [-0.05, 0) is 54.2 Å². The SMILES string of the molecule is O=C(C[C@H]1C(=O)N(Cc2ccccc2)C(=S)N1NC(=O)c1ccccc1F)Nc1ccc(Cl)cc1. The van der Waals surface area contributed by atoms with Crippen LogP contribution in [0.25, 0.3) is 0 Å². The van der Waals surface area contributed by atoms with Crippen molar-refractivity contribution in [3.8, 4) is 0 Å². The monoisotopic (exact) mass is 510 g/mol. The molecule has 7 nitrogen and oxygen atoms in total. The Morgan fingerprint density at radius 1 is 0.971 bits per heavy atom. The highest BCUT2D eigenvalue weighted by Crippen LogP contribution is 2.23. The number of benzene rings is 3. The van der Waals surface area contributed by atoms with E-state index in [0.29, 0.717) is 10.7 Å². The van der Waals surface area contributed by atoms with Crippen molar-refractivity contribution in [1.82, 2.24) is 15.3 Å². The van der Waals surface area contributed by atoms with Crippen LogP contribution >= 0.6 is 23.8 Å². The first kappa shape index (κ1) is 24.3. The van der Waals surface area contributed by atoms with Crippen LogP contribution in [-0.4, -0.2) is 38.8 Å². The van der Waals surface area contributed by atoms with E-state index in [1.165, 1.54) is 23.1 Å². The first-order valence-electron chi connectivity index (χ1n) is 10.6. The zero-order chi connectivity index (χ0) is 24.9. The van der Waals surface area contributed by atoms with E-state index in [1.54, 1.807) is 24.3 Å². The molecular weight excluding hydrogens is 491 g/mol. The van der Waals surface area contributed by atoms with Crippen molar-refractivity contribution in [2.45, 2.75) is 19.0 Å². The number of thiocarbonyl (C=S) groups is 1. The Morgan fingerprint density at radius 3 is 2.31 bits per heavy atom. The summed E-state index contributed by atoms with van der Waals surface area (Å²) in [6, 6.07) is 20.0. The highest BCUT2D eigenvalue weighted by atomic mass is 35.5. The third-order valence-corrected chi connectivity index (χ3v) is 6.00. The molecule has 0 aromatic heterocycles. The number of rotatable bonds is 7. The molecule has 10 heteroatoms. The summed E-state index contributed by atoms with van der Waals surface area (Å²) in [7, 11) is 0. The van der Waals surface area contributed by atoms with E-state index >= 15 is 0 Å². The van der Waals surface area contributed by atoms with Gasteiger partial charge >= 0.3 is 0 Å². The Bertz CT molecular complexity index is 1270. The number of hydrogen-bond acceptors (Lipinski definition) is 4. The molecule has 3 aromatic carbocycles. The van der Waals surface area contributed by atoms with Crippen molar-refractivity contribution in [1.29, 1.82) is 0 Å². The number of carbonyl (C=O) groups is 3. The molecule has 1 fully saturated rings. The zero-order valence-corrected chi connectivity index (χ0v) is 19.9. The molecule has 0 unspecified atom stereocenters. The van der Waals surface area contributed by atoms with Crippen LogP contribution in [0.5, 0.6) is 0 Å². The average molecular weight is 511 g/mol. The summed E-state index contributed by atoms with van der Waals surface area (Å²) in [5.74, 6) is -2.44. The zero-order valence-electron chi connectivity index (χ0n) is 18.3. The third-order valence-electron chi connectivity index (χ3n) is 5.33. The molecule has 1 heterocycles. The van der Waals surface area contributed by atoms with Gasteiger partial charge < -0.3 is 5.32 Å². The van der Waals surface area contributed by atoms with E-state index in [0.717, 1.165) is 16.6 Å². The third kappa shape index (κ3) is 5.64. The van der Waals surface area contributed by atoms with Gasteiger partial charge in [-0.3, -0.25) is 24.7 Å². The van der Waals surface area contributed by atoms with Gasteiger partial charge in [0.05, 0.1) is 18.5 Å². The number of carbonyl (C=O) groups excluding carboxylic acids is 3. The van der Waals surface area contributed by atoms with Crippen molar-refractivity contribution in [2.75, 3.05) is 5.32 Å². The molecule has 3 amide bonds. The summed E-state index contributed by atoms with van der Waals surface area (Å²) in [5, 5.41) is 4.37. The molecule has 0 radical (unpaired) electrons. The fourth-order valence-electron chi connectivity index (χ4n) is 3.60. The number of halogens is 2. The maximum absolute atomic E-state index is 14.2. The van der Waals surface area contributed by atoms with Crippen molar-refractivity contribution in [3.05, 3.63) is 101 Å². The highest BCUT2D eigenvalue weighted by Gasteiger charge is 2.44. The van der Waals surface area contributed by atoms with Gasteiger partial charge in [-0.15, -0.1) is 0 Å². The Morgan fingerprint density at radius 2 is 1.63 bits per heavy atom. The second-order valence-corrected chi connectivity index (χ2v) is 8.56. The second-order valence-electron chi connectivity index (χ2n) is 7.76. The normalized spacial score (nSPS) is 15.3. The van der Waals surface area contributed by atoms with Gasteiger partial charge in [0, 0.05) is 10.7 Å². The van der Waals surface area contributed by atoms with Crippen LogP contribution in [-0.2, 0) is 16.1 Å². The van der Waals surface area contributed by atoms with Gasteiger partial charge in [0.25, 0.3) is 11.8 Å². The lowest BCUT2D eigenvalue weighted by atomic mass is 10.1. The molecule has 0 aliphatic carbocycles. The van der Waals surface area contributed by atoms with E-state index in [9.17, 15) is 18.8 Å². The summed E-state index contributed by atoms with van der Waals surface area (Å²) >= 11 is 11.4. The van der Waals surface area contributed by atoms with E-state index in [1.807, 2.05) is 30.3 Å². The molecule has 2 N–H and O–H groups in total. The summed E-state index contributed by atoms with van der Waals surface area (Å²) < 4.78 is 14.2. The Labute approximate surface area is 211 Å². The molecular formula is C25H20ClFN4O3S. The number of hydrogen-bond donors (Lipinski definition) is 2. The molecule has 1 atom stereocenters. The van der Waals surface area contributed by atoms with Crippen LogP contribution in [0.15, 0.2) is 78.9 Å². The molecule has 178 valence electrons. The maximum atomic E-state index is 14.2. The molecule has 0 bridgehead atoms. The second kappa shape index (κ2) is 10.6. The Balaban J connectivity index is 1.56. The van der Waals surface area contributed by atoms with Crippen molar-refractivity contribution < 1.29 is 18.8 Å². The van der Waals surface area contributed by atoms with E-state index in [4.69, 9.17) is 23.8 Å². The van der Waals surface area contributed by atoms with Gasteiger partial charge in [0.15, 0.2) is 5.11 Å². The molecule has 4 rings (SSSR count). The van der Waals surface area contributed by atoms with Crippen LogP contribution in [0, 0.1) is 5.82 Å². The lowest BCUT2D eigenvalue weighted by Gasteiger charge is -2.24. The maximum Gasteiger partial charge on any atom is 0.272 e. The number of nitrogens with zero attached hydrogens (tertiary/aromatic N) is 2. The largest absolute Gasteiger partial charge is 0.326 e. The number of nitrogens with one attached hydrogen (secondary N) is 2. The minimum atomic E-state index is -1.12. The predicted molar refractivity (Wildman–Crippen MR) is 134 cm³/mol. The number of anilines is 1. The fraction of sp³-hybridized carbons (Fsp3) is 0.120. The Hall–Kier alpha value is -3.82. The quantitative estimate of drug-likeness (QED) is 0.467. The minimum absolute atomic E-state index is 0.00725. The summed E-state index contributed by atoms with van der Waals surface area (Å²) in [6.07, 6.45) is -0.301. The van der Waals surface area contributed by atoms with Crippen LogP contribution < -0.4 is 10.7 Å². The standard InChI is InChI=1S/C25H20ClFN4O3S/c26-17-10-12-18(13-11-17)28-22(32)14-21-24(34)30(15-16-6-2-1-3-7-16)25(35)31(21)29-23(33)19-8-4-5-9-20(19)27/h1-13,21H,14-15H2,(H,28,32)(H,29,33)/t21-/m0/s1. The number of amides is 3. The van der Waals surface area contributed by atoms with Crippen molar-refractivity contribution >= 4 is 52.3 Å². The van der Waals surface area contributed by atoms with Crippen LogP contribution in [0.3, 0.4) is 0 Å². The van der Waals surface area contributed by atoms with Crippen molar-refractivity contribution in [2.24, 2.45) is 0 Å². The smallest absolute Gasteiger partial charge is 0.272 e. The molecule has 1 aliphatic heterocycles. The molecule has 3 aromatic rings. The minimum Gasteiger partial charge on any atom is -0.326 e. The van der Waals surface area contributed by atoms with E-state index in [2.05, 4.69) is 10.7 Å². The molecule has 1 saturated heterocycles. The first-order valence-corrected chi connectivity index (χ1v) is 11.4. The van der Waals surface area contributed by atoms with Crippen LogP contribution in [0.4, 0.5) is 10.1 Å². The summed E-state index contributed by atoms with van der Waals surface area (Å²) in [5.41, 5.74) is 3.61. The average Bonchev–Trinajstić information content (AvgIpc) is 3.05. The van der Waals surface area contributed by atoms with Crippen LogP contribution in [0.2, 0.25) is 5.02 Å². The lowest BCUT2D eigenvalue weighted by Crippen LogP contribution is -2.49. The van der Waals surface area contributed by atoms with E-state index in [-0.39, 0.29) is 23.6 Å². The van der Waals surface area contributed by atoms with Gasteiger partial charge in [0.1, 0.15) is 11.9 Å². The van der Waals surface area contributed by atoms with Gasteiger partial charge in [-0.1, -0.05) is 54.1 Å². The van der Waals surface area contributed by atoms with Gasteiger partial charge in [-0.2, -0.15) is 0 Å². The van der Waals surface area contributed by atoms with E-state index < -0.39 is 29.6 Å². The Kier molecular flexibility index (Phi) is 7.38. The van der Waals surface area contributed by atoms with Crippen molar-refractivity contribution in [3.63, 3.8) is 0 Å². The highest BCUT2D eigenvalue weighted by molar-refractivity contribution is 7.80. The van der Waals surface area contributed by atoms with Gasteiger partial charge in [-0.25, -0.2) is 9.40 Å². The number of hydrazine groups is 1. The fourth-order valence-corrected chi connectivity index (χ4v) is 4.05.